The van der Waals surface area contributed by atoms with Crippen molar-refractivity contribution in [3.63, 3.8) is 0 Å². The van der Waals surface area contributed by atoms with Crippen LogP contribution in [0, 0.1) is 6.92 Å². The first-order valence-electron chi connectivity index (χ1n) is 7.73. The number of methoxy groups -OCH3 is 1. The number of carbonyl (C=O) groups excluding carboxylic acids is 1. The molecule has 3 aromatic rings. The summed E-state index contributed by atoms with van der Waals surface area (Å²) in [5.41, 5.74) is 4.29. The molecule has 3 nitrogen and oxygen atoms in total. The van der Waals surface area contributed by atoms with Gasteiger partial charge in [0.15, 0.2) is 0 Å². The van der Waals surface area contributed by atoms with Gasteiger partial charge < -0.3 is 10.1 Å². The molecule has 0 saturated carbocycles. The molecule has 1 heterocycles. The Morgan fingerprint density at radius 3 is 2.42 bits per heavy atom. The van der Waals surface area contributed by atoms with E-state index in [0.717, 1.165) is 27.3 Å². The van der Waals surface area contributed by atoms with E-state index in [1.54, 1.807) is 7.11 Å². The lowest BCUT2D eigenvalue weighted by Crippen LogP contribution is -2.22. The summed E-state index contributed by atoms with van der Waals surface area (Å²) in [6.07, 6.45) is 0. The summed E-state index contributed by atoms with van der Waals surface area (Å²) in [6.45, 7) is 2.55. The molecule has 1 N–H and O–H groups in total. The average Bonchev–Trinajstić information content (AvgIpc) is 3.10. The van der Waals surface area contributed by atoms with Crippen molar-refractivity contribution in [2.24, 2.45) is 0 Å². The SMILES string of the molecule is COc1ccc(CNC(=O)c2sccc2-c2ccc(C)cc2)cc1. The predicted octanol–water partition coefficient (Wildman–Crippen LogP) is 4.66. The zero-order valence-electron chi connectivity index (χ0n) is 13.7. The fraction of sp³-hybridized carbons (Fsp3) is 0.150. The van der Waals surface area contributed by atoms with Gasteiger partial charge in [0.25, 0.3) is 5.91 Å². The van der Waals surface area contributed by atoms with Crippen molar-refractivity contribution in [1.82, 2.24) is 5.32 Å². The van der Waals surface area contributed by atoms with Crippen molar-refractivity contribution >= 4 is 17.2 Å². The van der Waals surface area contributed by atoms with Gasteiger partial charge in [-0.25, -0.2) is 0 Å². The molecule has 0 fully saturated rings. The first-order valence-corrected chi connectivity index (χ1v) is 8.61. The quantitative estimate of drug-likeness (QED) is 0.735. The van der Waals surface area contributed by atoms with Crippen molar-refractivity contribution in [2.75, 3.05) is 7.11 Å². The minimum atomic E-state index is -0.0450. The monoisotopic (exact) mass is 337 g/mol. The van der Waals surface area contributed by atoms with Crippen molar-refractivity contribution in [3.05, 3.63) is 76.0 Å². The van der Waals surface area contributed by atoms with Crippen LogP contribution >= 0.6 is 11.3 Å². The Morgan fingerprint density at radius 2 is 1.75 bits per heavy atom. The van der Waals surface area contributed by atoms with Gasteiger partial charge in [0, 0.05) is 12.1 Å². The van der Waals surface area contributed by atoms with Crippen LogP contribution < -0.4 is 10.1 Å². The topological polar surface area (TPSA) is 38.3 Å². The number of thiophene rings is 1. The first kappa shape index (κ1) is 16.3. The van der Waals surface area contributed by atoms with Gasteiger partial charge in [0.1, 0.15) is 5.75 Å². The summed E-state index contributed by atoms with van der Waals surface area (Å²) >= 11 is 1.47. The number of benzene rings is 2. The molecule has 2 aromatic carbocycles. The third kappa shape index (κ3) is 3.66. The minimum Gasteiger partial charge on any atom is -0.497 e. The number of amides is 1. The standard InChI is InChI=1S/C20H19NO2S/c1-14-3-7-16(8-4-14)18-11-12-24-19(18)20(22)21-13-15-5-9-17(23-2)10-6-15/h3-12H,13H2,1-2H3,(H,21,22). The van der Waals surface area contributed by atoms with Gasteiger partial charge in [-0.1, -0.05) is 42.0 Å². The van der Waals surface area contributed by atoms with Gasteiger partial charge >= 0.3 is 0 Å². The number of carbonyl (C=O) groups is 1. The van der Waals surface area contributed by atoms with Crippen LogP contribution in [-0.2, 0) is 6.54 Å². The molecule has 4 heteroatoms. The lowest BCUT2D eigenvalue weighted by atomic mass is 10.0. The summed E-state index contributed by atoms with van der Waals surface area (Å²) in [6, 6.07) is 17.9. The largest absolute Gasteiger partial charge is 0.497 e. The van der Waals surface area contributed by atoms with E-state index in [4.69, 9.17) is 4.74 Å². The van der Waals surface area contributed by atoms with E-state index in [1.807, 2.05) is 35.7 Å². The molecule has 1 aromatic heterocycles. The first-order chi connectivity index (χ1) is 11.7. The van der Waals surface area contributed by atoms with Gasteiger partial charge in [-0.2, -0.15) is 0 Å². The highest BCUT2D eigenvalue weighted by Crippen LogP contribution is 2.28. The van der Waals surface area contributed by atoms with Crippen LogP contribution in [0.3, 0.4) is 0 Å². The number of ether oxygens (including phenoxy) is 1. The molecular weight excluding hydrogens is 318 g/mol. The molecule has 0 radical (unpaired) electrons. The maximum Gasteiger partial charge on any atom is 0.262 e. The second-order valence-electron chi connectivity index (χ2n) is 5.56. The Balaban J connectivity index is 1.71. The van der Waals surface area contributed by atoms with Crippen LogP contribution in [0.25, 0.3) is 11.1 Å². The second kappa shape index (κ2) is 7.32. The van der Waals surface area contributed by atoms with Crippen LogP contribution in [0.5, 0.6) is 5.75 Å². The number of hydrogen-bond acceptors (Lipinski definition) is 3. The maximum absolute atomic E-state index is 12.5. The van der Waals surface area contributed by atoms with Crippen LogP contribution in [0.1, 0.15) is 20.8 Å². The van der Waals surface area contributed by atoms with E-state index < -0.39 is 0 Å². The number of hydrogen-bond donors (Lipinski definition) is 1. The summed E-state index contributed by atoms with van der Waals surface area (Å²) in [7, 11) is 1.64. The summed E-state index contributed by atoms with van der Waals surface area (Å²) in [4.78, 5) is 13.3. The minimum absolute atomic E-state index is 0.0450. The molecule has 24 heavy (non-hydrogen) atoms. The van der Waals surface area contributed by atoms with E-state index in [9.17, 15) is 4.79 Å². The molecular formula is C20H19NO2S. The Hall–Kier alpha value is -2.59. The van der Waals surface area contributed by atoms with Gasteiger partial charge in [0.2, 0.25) is 0 Å². The molecule has 0 aliphatic heterocycles. The van der Waals surface area contributed by atoms with Crippen LogP contribution in [-0.4, -0.2) is 13.0 Å². The molecule has 1 amide bonds. The Bertz CT molecular complexity index is 820. The van der Waals surface area contributed by atoms with E-state index >= 15 is 0 Å². The molecule has 0 bridgehead atoms. The smallest absolute Gasteiger partial charge is 0.262 e. The zero-order chi connectivity index (χ0) is 16.9. The molecule has 0 saturated heterocycles. The molecule has 122 valence electrons. The molecule has 0 atom stereocenters. The van der Waals surface area contributed by atoms with Gasteiger partial charge in [-0.15, -0.1) is 11.3 Å². The fourth-order valence-electron chi connectivity index (χ4n) is 2.45. The number of rotatable bonds is 5. The fourth-order valence-corrected chi connectivity index (χ4v) is 3.28. The molecule has 0 aliphatic carbocycles. The Labute approximate surface area is 145 Å². The highest BCUT2D eigenvalue weighted by atomic mass is 32.1. The summed E-state index contributed by atoms with van der Waals surface area (Å²) in [5.74, 6) is 0.765. The third-order valence-electron chi connectivity index (χ3n) is 3.85. The van der Waals surface area contributed by atoms with Crippen LogP contribution in [0.4, 0.5) is 0 Å². The lowest BCUT2D eigenvalue weighted by Gasteiger charge is -2.07. The number of aryl methyl sites for hydroxylation is 1. The average molecular weight is 337 g/mol. The zero-order valence-corrected chi connectivity index (χ0v) is 14.5. The highest BCUT2D eigenvalue weighted by molar-refractivity contribution is 7.12. The van der Waals surface area contributed by atoms with E-state index in [0.29, 0.717) is 6.54 Å². The predicted molar refractivity (Wildman–Crippen MR) is 98.7 cm³/mol. The van der Waals surface area contributed by atoms with Crippen molar-refractivity contribution in [2.45, 2.75) is 13.5 Å². The third-order valence-corrected chi connectivity index (χ3v) is 4.76. The second-order valence-corrected chi connectivity index (χ2v) is 6.48. The highest BCUT2D eigenvalue weighted by Gasteiger charge is 2.14. The summed E-state index contributed by atoms with van der Waals surface area (Å²) in [5, 5.41) is 4.95. The van der Waals surface area contributed by atoms with Crippen molar-refractivity contribution < 1.29 is 9.53 Å². The maximum atomic E-state index is 12.5. The van der Waals surface area contributed by atoms with Gasteiger partial charge in [0.05, 0.1) is 12.0 Å². The van der Waals surface area contributed by atoms with E-state index in [1.165, 1.54) is 16.9 Å². The molecule has 0 unspecified atom stereocenters. The Morgan fingerprint density at radius 1 is 1.04 bits per heavy atom. The summed E-state index contributed by atoms with van der Waals surface area (Å²) < 4.78 is 5.14. The van der Waals surface area contributed by atoms with E-state index in [-0.39, 0.29) is 5.91 Å². The number of nitrogens with one attached hydrogen (secondary N) is 1. The molecule has 3 rings (SSSR count). The Kier molecular flexibility index (Phi) is 4.96. The van der Waals surface area contributed by atoms with Crippen LogP contribution in [0.15, 0.2) is 60.0 Å². The molecule has 0 aliphatic rings. The molecule has 0 spiro atoms. The normalized spacial score (nSPS) is 10.4. The van der Waals surface area contributed by atoms with Crippen molar-refractivity contribution in [3.8, 4) is 16.9 Å². The van der Waals surface area contributed by atoms with Gasteiger partial charge in [-0.05, 0) is 41.6 Å². The van der Waals surface area contributed by atoms with Crippen LogP contribution in [0.2, 0.25) is 0 Å². The lowest BCUT2D eigenvalue weighted by molar-refractivity contribution is 0.0955. The van der Waals surface area contributed by atoms with Gasteiger partial charge in [-0.3, -0.25) is 4.79 Å². The van der Waals surface area contributed by atoms with E-state index in [2.05, 4.69) is 36.5 Å². The van der Waals surface area contributed by atoms with Crippen molar-refractivity contribution in [1.29, 1.82) is 0 Å².